The number of aromatic nitrogens is 2. The molecule has 0 unspecified atom stereocenters. The highest BCUT2D eigenvalue weighted by atomic mass is 35.5. The summed E-state index contributed by atoms with van der Waals surface area (Å²) in [6, 6.07) is 9.51. The van der Waals surface area contributed by atoms with Crippen LogP contribution in [-0.4, -0.2) is 22.2 Å². The minimum atomic E-state index is -0.0829. The standard InChI is InChI=1S/C20H24ClN3O2/c21-16-8-6-15(7-9-16)19-12-24-17(13-26-19)10-18(23-24)20(25)22-11-14-4-2-1-3-5-14/h6-10,14,19H,1-5,11-13H2,(H,22,25)/t19-/m1/s1. The molecule has 0 saturated heterocycles. The fourth-order valence-corrected chi connectivity index (χ4v) is 3.96. The predicted molar refractivity (Wildman–Crippen MR) is 100 cm³/mol. The largest absolute Gasteiger partial charge is 0.365 e. The van der Waals surface area contributed by atoms with Crippen molar-refractivity contribution < 1.29 is 9.53 Å². The van der Waals surface area contributed by atoms with Crippen molar-refractivity contribution in [3.8, 4) is 0 Å². The molecular formula is C20H24ClN3O2. The number of carbonyl (C=O) groups is 1. The van der Waals surface area contributed by atoms with Crippen LogP contribution in [0.1, 0.15) is 60.0 Å². The molecule has 2 heterocycles. The Morgan fingerprint density at radius 1 is 1.23 bits per heavy atom. The molecule has 1 saturated carbocycles. The summed E-state index contributed by atoms with van der Waals surface area (Å²) in [5.41, 5.74) is 2.49. The van der Waals surface area contributed by atoms with Crippen molar-refractivity contribution in [1.29, 1.82) is 0 Å². The zero-order valence-corrected chi connectivity index (χ0v) is 15.5. The molecule has 2 aliphatic rings. The number of amides is 1. The Kier molecular flexibility index (Phi) is 5.27. The first kappa shape index (κ1) is 17.6. The molecule has 1 aliphatic heterocycles. The van der Waals surface area contributed by atoms with Crippen molar-refractivity contribution in [1.82, 2.24) is 15.1 Å². The summed E-state index contributed by atoms with van der Waals surface area (Å²) in [7, 11) is 0. The quantitative estimate of drug-likeness (QED) is 0.877. The fraction of sp³-hybridized carbons (Fsp3) is 0.500. The van der Waals surface area contributed by atoms with Crippen LogP contribution in [0.2, 0.25) is 5.02 Å². The number of hydrogen-bond acceptors (Lipinski definition) is 3. The van der Waals surface area contributed by atoms with E-state index in [9.17, 15) is 4.79 Å². The van der Waals surface area contributed by atoms with E-state index in [2.05, 4.69) is 10.4 Å². The van der Waals surface area contributed by atoms with Gasteiger partial charge in [0.05, 0.1) is 18.8 Å². The number of fused-ring (bicyclic) bond motifs is 1. The van der Waals surface area contributed by atoms with Gasteiger partial charge in [-0.05, 0) is 42.5 Å². The Hall–Kier alpha value is -1.85. The second kappa shape index (κ2) is 7.80. The van der Waals surface area contributed by atoms with Gasteiger partial charge in [-0.3, -0.25) is 9.48 Å². The minimum Gasteiger partial charge on any atom is -0.365 e. The molecule has 138 valence electrons. The van der Waals surface area contributed by atoms with Crippen molar-refractivity contribution in [2.45, 2.75) is 51.4 Å². The van der Waals surface area contributed by atoms with Gasteiger partial charge in [0.1, 0.15) is 6.10 Å². The maximum Gasteiger partial charge on any atom is 0.271 e. The third kappa shape index (κ3) is 3.94. The van der Waals surface area contributed by atoms with E-state index in [1.165, 1.54) is 32.1 Å². The molecule has 1 aromatic carbocycles. The lowest BCUT2D eigenvalue weighted by Gasteiger charge is -2.24. The van der Waals surface area contributed by atoms with Crippen LogP contribution in [0.4, 0.5) is 0 Å². The molecule has 1 aliphatic carbocycles. The third-order valence-corrected chi connectivity index (χ3v) is 5.64. The van der Waals surface area contributed by atoms with Gasteiger partial charge in [0.15, 0.2) is 5.69 Å². The van der Waals surface area contributed by atoms with Gasteiger partial charge < -0.3 is 10.1 Å². The molecule has 1 fully saturated rings. The summed E-state index contributed by atoms with van der Waals surface area (Å²) in [5.74, 6) is 0.531. The lowest BCUT2D eigenvalue weighted by atomic mass is 9.89. The molecule has 6 heteroatoms. The van der Waals surface area contributed by atoms with Crippen LogP contribution in [0.3, 0.4) is 0 Å². The Morgan fingerprint density at radius 2 is 2.00 bits per heavy atom. The number of carbonyl (C=O) groups excluding carboxylic acids is 1. The molecule has 0 spiro atoms. The number of ether oxygens (including phenoxy) is 1. The summed E-state index contributed by atoms with van der Waals surface area (Å²) in [6.45, 7) is 1.81. The maximum atomic E-state index is 12.5. The van der Waals surface area contributed by atoms with E-state index in [0.717, 1.165) is 17.8 Å². The van der Waals surface area contributed by atoms with Crippen LogP contribution in [-0.2, 0) is 17.9 Å². The van der Waals surface area contributed by atoms with Crippen molar-refractivity contribution in [3.05, 3.63) is 52.3 Å². The summed E-state index contributed by atoms with van der Waals surface area (Å²) in [6.07, 6.45) is 6.25. The van der Waals surface area contributed by atoms with E-state index in [0.29, 0.717) is 29.8 Å². The molecule has 26 heavy (non-hydrogen) atoms. The van der Waals surface area contributed by atoms with E-state index in [1.807, 2.05) is 35.0 Å². The first-order chi connectivity index (χ1) is 12.7. The molecule has 1 N–H and O–H groups in total. The van der Waals surface area contributed by atoms with E-state index in [-0.39, 0.29) is 12.0 Å². The smallest absolute Gasteiger partial charge is 0.271 e. The molecule has 1 atom stereocenters. The van der Waals surface area contributed by atoms with Crippen LogP contribution >= 0.6 is 11.6 Å². The van der Waals surface area contributed by atoms with Gasteiger partial charge in [-0.1, -0.05) is 43.0 Å². The van der Waals surface area contributed by atoms with Crippen molar-refractivity contribution in [2.24, 2.45) is 5.92 Å². The number of benzene rings is 1. The van der Waals surface area contributed by atoms with Crippen LogP contribution in [0.5, 0.6) is 0 Å². The Morgan fingerprint density at radius 3 is 2.77 bits per heavy atom. The molecule has 1 amide bonds. The van der Waals surface area contributed by atoms with Crippen LogP contribution in [0.15, 0.2) is 30.3 Å². The van der Waals surface area contributed by atoms with Gasteiger partial charge in [-0.2, -0.15) is 5.10 Å². The lowest BCUT2D eigenvalue weighted by Crippen LogP contribution is -2.30. The number of hydrogen-bond donors (Lipinski definition) is 1. The van der Waals surface area contributed by atoms with Gasteiger partial charge in [0, 0.05) is 11.6 Å². The molecule has 0 bridgehead atoms. The highest BCUT2D eigenvalue weighted by Crippen LogP contribution is 2.27. The highest BCUT2D eigenvalue weighted by Gasteiger charge is 2.24. The fourth-order valence-electron chi connectivity index (χ4n) is 3.83. The topological polar surface area (TPSA) is 56.2 Å². The van der Waals surface area contributed by atoms with Crippen LogP contribution in [0.25, 0.3) is 0 Å². The summed E-state index contributed by atoms with van der Waals surface area (Å²) in [4.78, 5) is 12.5. The van der Waals surface area contributed by atoms with Crippen LogP contribution < -0.4 is 5.32 Å². The number of nitrogens with one attached hydrogen (secondary N) is 1. The molecule has 5 nitrogen and oxygen atoms in total. The first-order valence-electron chi connectivity index (χ1n) is 9.41. The second-order valence-electron chi connectivity index (χ2n) is 7.27. The first-order valence-corrected chi connectivity index (χ1v) is 9.79. The summed E-state index contributed by atoms with van der Waals surface area (Å²) < 4.78 is 7.83. The third-order valence-electron chi connectivity index (χ3n) is 5.38. The second-order valence-corrected chi connectivity index (χ2v) is 7.70. The molecule has 1 aromatic heterocycles. The van der Waals surface area contributed by atoms with Gasteiger partial charge in [-0.25, -0.2) is 0 Å². The van der Waals surface area contributed by atoms with Crippen molar-refractivity contribution in [3.63, 3.8) is 0 Å². The molecule has 2 aromatic rings. The summed E-state index contributed by atoms with van der Waals surface area (Å²) in [5, 5.41) is 8.27. The van der Waals surface area contributed by atoms with E-state index >= 15 is 0 Å². The zero-order valence-electron chi connectivity index (χ0n) is 14.8. The van der Waals surface area contributed by atoms with Crippen LogP contribution in [0, 0.1) is 5.92 Å². The SMILES string of the molecule is O=C(NCC1CCCCC1)c1cc2n(n1)C[C@H](c1ccc(Cl)cc1)OC2. The maximum absolute atomic E-state index is 12.5. The molecule has 0 radical (unpaired) electrons. The summed E-state index contributed by atoms with van der Waals surface area (Å²) >= 11 is 5.95. The van der Waals surface area contributed by atoms with E-state index < -0.39 is 0 Å². The highest BCUT2D eigenvalue weighted by molar-refractivity contribution is 6.30. The van der Waals surface area contributed by atoms with Gasteiger partial charge in [0.2, 0.25) is 0 Å². The zero-order chi connectivity index (χ0) is 17.9. The molecular weight excluding hydrogens is 350 g/mol. The average Bonchev–Trinajstić information content (AvgIpc) is 3.11. The normalized spacial score (nSPS) is 20.6. The van der Waals surface area contributed by atoms with E-state index in [1.54, 1.807) is 0 Å². The van der Waals surface area contributed by atoms with Gasteiger partial charge in [0.25, 0.3) is 5.91 Å². The van der Waals surface area contributed by atoms with Gasteiger partial charge in [-0.15, -0.1) is 0 Å². The number of halogens is 1. The number of nitrogens with zero attached hydrogens (tertiary/aromatic N) is 2. The number of rotatable bonds is 4. The average molecular weight is 374 g/mol. The van der Waals surface area contributed by atoms with Crippen molar-refractivity contribution >= 4 is 17.5 Å². The Labute approximate surface area is 158 Å². The van der Waals surface area contributed by atoms with Gasteiger partial charge >= 0.3 is 0 Å². The Bertz CT molecular complexity index is 766. The monoisotopic (exact) mass is 373 g/mol. The predicted octanol–water partition coefficient (Wildman–Crippen LogP) is 4.12. The molecule has 4 rings (SSSR count). The lowest BCUT2D eigenvalue weighted by molar-refractivity contribution is -0.00119. The van der Waals surface area contributed by atoms with E-state index in [4.69, 9.17) is 16.3 Å². The minimum absolute atomic E-state index is 0.0715. The van der Waals surface area contributed by atoms with Crippen molar-refractivity contribution in [2.75, 3.05) is 6.54 Å². The Balaban J connectivity index is 1.38.